The van der Waals surface area contributed by atoms with E-state index < -0.39 is 29.8 Å². The van der Waals surface area contributed by atoms with Gasteiger partial charge in [-0.05, 0) is 78.2 Å². The minimum Gasteiger partial charge on any atom is -0.481 e. The minimum absolute atomic E-state index is 0.188. The van der Waals surface area contributed by atoms with Crippen molar-refractivity contribution in [3.05, 3.63) is 64.3 Å². The number of amides is 1. The van der Waals surface area contributed by atoms with Crippen LogP contribution in [-0.4, -0.2) is 57.8 Å². The van der Waals surface area contributed by atoms with E-state index in [4.69, 9.17) is 4.74 Å². The molecule has 1 unspecified atom stereocenters. The van der Waals surface area contributed by atoms with E-state index in [9.17, 15) is 19.5 Å². The molecule has 0 spiro atoms. The number of benzene rings is 2. The van der Waals surface area contributed by atoms with E-state index in [0.29, 0.717) is 60.1 Å². The summed E-state index contributed by atoms with van der Waals surface area (Å²) >= 11 is 3.48. The van der Waals surface area contributed by atoms with Crippen LogP contribution in [-0.2, 0) is 20.7 Å². The summed E-state index contributed by atoms with van der Waals surface area (Å²) in [5.74, 6) is -4.82. The molecule has 2 heterocycles. The number of para-hydroxylation sites is 1. The average molecular weight is 600 g/mol. The number of ether oxygens (including phenoxy) is 1. The normalized spacial score (nSPS) is 21.5. The van der Waals surface area contributed by atoms with Crippen molar-refractivity contribution in [3.63, 3.8) is 0 Å². The molecule has 0 radical (unpaired) electrons. The Balaban J connectivity index is 1.27. The molecule has 1 atom stereocenters. The first-order valence-electron chi connectivity index (χ1n) is 13.3. The summed E-state index contributed by atoms with van der Waals surface area (Å²) < 4.78 is 22.8. The van der Waals surface area contributed by atoms with E-state index in [-0.39, 0.29) is 12.3 Å². The fourth-order valence-corrected chi connectivity index (χ4v) is 6.01. The molecule has 2 aliphatic rings. The first-order valence-corrected chi connectivity index (χ1v) is 14.1. The molecule has 5 rings (SSSR count). The van der Waals surface area contributed by atoms with E-state index in [1.165, 1.54) is 4.90 Å². The number of carbonyl (C=O) groups is 3. The highest BCUT2D eigenvalue weighted by atomic mass is 79.9. The number of carboxylic acid groups (broad SMARTS) is 1. The summed E-state index contributed by atoms with van der Waals surface area (Å²) in [5, 5.41) is 13.0. The van der Waals surface area contributed by atoms with Crippen molar-refractivity contribution in [2.24, 2.45) is 5.92 Å². The van der Waals surface area contributed by atoms with Gasteiger partial charge in [-0.15, -0.1) is 0 Å². The molecule has 206 valence electrons. The number of aromatic amines is 1. The van der Waals surface area contributed by atoms with Gasteiger partial charge in [-0.1, -0.05) is 24.3 Å². The Kier molecular flexibility index (Phi) is 8.16. The third kappa shape index (κ3) is 5.92. The first-order chi connectivity index (χ1) is 18.7. The van der Waals surface area contributed by atoms with Crippen molar-refractivity contribution in [2.45, 2.75) is 57.0 Å². The summed E-state index contributed by atoms with van der Waals surface area (Å²) in [6.07, 6.45) is 4.14. The van der Waals surface area contributed by atoms with Crippen LogP contribution in [0.2, 0.25) is 0 Å². The molecule has 1 aliphatic heterocycles. The smallest absolute Gasteiger partial charge is 0.330 e. The number of likely N-dealkylation sites (tertiary alicyclic amines) is 1. The number of halogens is 2. The number of rotatable bonds is 9. The summed E-state index contributed by atoms with van der Waals surface area (Å²) in [7, 11) is 0. The molecule has 3 N–H and O–H groups in total. The second-order valence-corrected chi connectivity index (χ2v) is 11.2. The van der Waals surface area contributed by atoms with E-state index in [0.717, 1.165) is 23.7 Å². The number of fused-ring (bicyclic) bond motifs is 1. The Morgan fingerprint density at radius 2 is 1.82 bits per heavy atom. The standard InChI is InChI=1S/C29H31BrFN3O5/c30-23-15-18(7-12-25(23)33-27(36)22-17-32-24-6-2-1-5-21(22)24)16-26(35)29(31,34-13-3-4-14-34)39-20-10-8-19(9-11-20)28(37)38/h1-2,5-7,12,15,17,19-20,32H,3-4,8-11,13-14,16H2,(H,33,36)(H,37,38)/t19-,20-,29?. The highest BCUT2D eigenvalue weighted by Crippen LogP contribution is 2.35. The second kappa shape index (κ2) is 11.6. The van der Waals surface area contributed by atoms with Crippen LogP contribution in [0.1, 0.15) is 54.4 Å². The fourth-order valence-electron chi connectivity index (χ4n) is 5.48. The number of ketones is 1. The molecule has 3 aromatic rings. The Morgan fingerprint density at radius 3 is 2.51 bits per heavy atom. The van der Waals surface area contributed by atoms with E-state index in [1.807, 2.05) is 24.3 Å². The maximum atomic E-state index is 16.4. The Morgan fingerprint density at radius 1 is 1.10 bits per heavy atom. The quantitative estimate of drug-likeness (QED) is 0.273. The van der Waals surface area contributed by atoms with E-state index in [1.54, 1.807) is 24.4 Å². The van der Waals surface area contributed by atoms with Crippen molar-refractivity contribution >= 4 is 50.2 Å². The van der Waals surface area contributed by atoms with Gasteiger partial charge in [-0.25, -0.2) is 4.90 Å². The average Bonchev–Trinajstić information content (AvgIpc) is 3.61. The molecule has 10 heteroatoms. The van der Waals surface area contributed by atoms with Crippen molar-refractivity contribution in [1.29, 1.82) is 0 Å². The molecular weight excluding hydrogens is 569 g/mol. The van der Waals surface area contributed by atoms with Gasteiger partial charge in [0.1, 0.15) is 0 Å². The number of nitrogens with zero attached hydrogens (tertiary/aromatic N) is 1. The Labute approximate surface area is 234 Å². The van der Waals surface area contributed by atoms with Gasteiger partial charge >= 0.3 is 11.9 Å². The van der Waals surface area contributed by atoms with Crippen LogP contribution in [0.15, 0.2) is 53.1 Å². The molecule has 1 saturated carbocycles. The molecule has 2 aromatic carbocycles. The maximum absolute atomic E-state index is 16.4. The van der Waals surface area contributed by atoms with Crippen LogP contribution < -0.4 is 5.32 Å². The highest BCUT2D eigenvalue weighted by Gasteiger charge is 2.48. The number of alkyl halides is 1. The van der Waals surface area contributed by atoms with Crippen LogP contribution in [0, 0.1) is 5.92 Å². The summed E-state index contributed by atoms with van der Waals surface area (Å²) in [4.78, 5) is 42.1. The number of hydrogen-bond acceptors (Lipinski definition) is 5. The zero-order valence-electron chi connectivity index (χ0n) is 21.4. The predicted molar refractivity (Wildman–Crippen MR) is 148 cm³/mol. The van der Waals surface area contributed by atoms with Gasteiger partial charge < -0.3 is 20.1 Å². The number of hydrogen-bond donors (Lipinski definition) is 3. The third-order valence-corrected chi connectivity index (χ3v) is 8.34. The lowest BCUT2D eigenvalue weighted by Gasteiger charge is -2.37. The lowest BCUT2D eigenvalue weighted by atomic mass is 9.87. The van der Waals surface area contributed by atoms with Crippen LogP contribution >= 0.6 is 15.9 Å². The van der Waals surface area contributed by atoms with Crippen molar-refractivity contribution in [3.8, 4) is 0 Å². The summed E-state index contributed by atoms with van der Waals surface area (Å²) in [6, 6.07) is 12.6. The zero-order valence-corrected chi connectivity index (χ0v) is 23.0. The number of nitrogens with one attached hydrogen (secondary N) is 2. The Bertz CT molecular complexity index is 1380. The molecule has 39 heavy (non-hydrogen) atoms. The molecule has 1 amide bonds. The Hall–Kier alpha value is -3.08. The van der Waals surface area contributed by atoms with Gasteiger partial charge in [0.25, 0.3) is 5.91 Å². The van der Waals surface area contributed by atoms with E-state index in [2.05, 4.69) is 26.2 Å². The number of carbonyl (C=O) groups excluding carboxylic acids is 2. The van der Waals surface area contributed by atoms with Crippen molar-refractivity contribution in [2.75, 3.05) is 18.4 Å². The lowest BCUT2D eigenvalue weighted by molar-refractivity contribution is -0.252. The molecule has 1 aliphatic carbocycles. The van der Waals surface area contributed by atoms with Gasteiger partial charge in [-0.2, -0.15) is 4.39 Å². The third-order valence-electron chi connectivity index (χ3n) is 7.68. The predicted octanol–water partition coefficient (Wildman–Crippen LogP) is 5.67. The number of anilines is 1. The van der Waals surface area contributed by atoms with Gasteiger partial charge in [0.15, 0.2) is 0 Å². The molecule has 1 aromatic heterocycles. The zero-order chi connectivity index (χ0) is 27.6. The monoisotopic (exact) mass is 599 g/mol. The van der Waals surface area contributed by atoms with Crippen molar-refractivity contribution in [1.82, 2.24) is 9.88 Å². The number of Topliss-reactive ketones (excluding diaryl/α,β-unsaturated/α-hetero) is 1. The van der Waals surface area contributed by atoms with Crippen LogP contribution in [0.4, 0.5) is 10.1 Å². The van der Waals surface area contributed by atoms with Gasteiger partial charge in [-0.3, -0.25) is 14.4 Å². The lowest BCUT2D eigenvalue weighted by Crippen LogP contribution is -2.54. The van der Waals surface area contributed by atoms with Gasteiger partial charge in [0.05, 0.1) is 23.3 Å². The van der Waals surface area contributed by atoms with E-state index >= 15 is 4.39 Å². The number of aromatic nitrogens is 1. The molecule has 1 saturated heterocycles. The fraction of sp³-hybridized carbons (Fsp3) is 0.414. The number of H-pyrrole nitrogens is 1. The van der Waals surface area contributed by atoms with Gasteiger partial charge in [0, 0.05) is 41.1 Å². The van der Waals surface area contributed by atoms with Gasteiger partial charge in [0.2, 0.25) is 5.78 Å². The van der Waals surface area contributed by atoms with Crippen molar-refractivity contribution < 1.29 is 28.6 Å². The minimum atomic E-state index is -2.56. The highest BCUT2D eigenvalue weighted by molar-refractivity contribution is 9.10. The largest absolute Gasteiger partial charge is 0.481 e. The molecule has 0 bridgehead atoms. The second-order valence-electron chi connectivity index (χ2n) is 10.3. The van der Waals surface area contributed by atoms with Crippen LogP contribution in [0.5, 0.6) is 0 Å². The first kappa shape index (κ1) is 27.5. The molecule has 2 fully saturated rings. The summed E-state index contributed by atoms with van der Waals surface area (Å²) in [5.41, 5.74) is 2.48. The topological polar surface area (TPSA) is 112 Å². The maximum Gasteiger partial charge on any atom is 0.330 e. The molecular formula is C29H31BrFN3O5. The summed E-state index contributed by atoms with van der Waals surface area (Å²) in [6.45, 7) is 0.852. The van der Waals surface area contributed by atoms with Crippen LogP contribution in [0.25, 0.3) is 10.9 Å². The molecule has 8 nitrogen and oxygen atoms in total. The SMILES string of the molecule is O=C(Nc1ccc(CC(=O)C(F)(O[C@H]2CC[C@H](C(=O)O)CC2)N2CCCC2)cc1Br)c1c[nH]c2ccccc12. The van der Waals surface area contributed by atoms with Crippen LogP contribution in [0.3, 0.4) is 0 Å². The number of carboxylic acids is 1. The number of aliphatic carboxylic acids is 1.